The summed E-state index contributed by atoms with van der Waals surface area (Å²) in [5.74, 6) is 1.67. The molecule has 0 saturated carbocycles. The normalized spacial score (nSPS) is 19.7. The van der Waals surface area contributed by atoms with Gasteiger partial charge in [-0.1, -0.05) is 37.2 Å². The van der Waals surface area contributed by atoms with Crippen LogP contribution in [0.5, 0.6) is 0 Å². The summed E-state index contributed by atoms with van der Waals surface area (Å²) in [7, 11) is -3.47. The van der Waals surface area contributed by atoms with Crippen LogP contribution >= 0.6 is 0 Å². The van der Waals surface area contributed by atoms with Crippen LogP contribution in [0.15, 0.2) is 39.8 Å². The summed E-state index contributed by atoms with van der Waals surface area (Å²) in [6, 6.07) is 8.56. The Morgan fingerprint density at radius 3 is 2.75 bits per heavy atom. The van der Waals surface area contributed by atoms with E-state index in [0.29, 0.717) is 35.6 Å². The molecule has 1 saturated heterocycles. The summed E-state index contributed by atoms with van der Waals surface area (Å²) in [5.41, 5.74) is 0. The minimum absolute atomic E-state index is 0.0364. The van der Waals surface area contributed by atoms with Gasteiger partial charge >= 0.3 is 0 Å². The summed E-state index contributed by atoms with van der Waals surface area (Å²) in [6.07, 6.45) is 2.42. The maximum Gasteiger partial charge on any atom is 0.243 e. The highest BCUT2D eigenvalue weighted by molar-refractivity contribution is 7.89. The molecular weight excluding hydrogens is 326 g/mol. The number of nitrogens with zero attached hydrogens (tertiary/aromatic N) is 3. The third-order valence-corrected chi connectivity index (χ3v) is 6.07. The first kappa shape index (κ1) is 17.1. The highest BCUT2D eigenvalue weighted by Gasteiger charge is 2.33. The molecule has 130 valence electrons. The zero-order chi connectivity index (χ0) is 17.2. The van der Waals surface area contributed by atoms with Crippen molar-refractivity contribution in [2.24, 2.45) is 5.92 Å². The van der Waals surface area contributed by atoms with Gasteiger partial charge < -0.3 is 4.52 Å². The third-order valence-electron chi connectivity index (χ3n) is 4.19. The average Bonchev–Trinajstić information content (AvgIpc) is 3.03. The SMILES string of the molecule is CC(C)Cc1noc(C2CCCN(S(=O)(=O)c3ccccc3)C2)n1. The molecule has 2 aromatic rings. The molecule has 1 atom stereocenters. The molecule has 0 bridgehead atoms. The fourth-order valence-electron chi connectivity index (χ4n) is 2.99. The molecular formula is C17H23N3O3S. The zero-order valence-electron chi connectivity index (χ0n) is 14.1. The monoisotopic (exact) mass is 349 g/mol. The van der Waals surface area contributed by atoms with E-state index in [9.17, 15) is 8.42 Å². The second-order valence-corrected chi connectivity index (χ2v) is 8.60. The molecule has 7 heteroatoms. The Labute approximate surface area is 142 Å². The molecule has 3 rings (SSSR count). The van der Waals surface area contributed by atoms with Crippen LogP contribution < -0.4 is 0 Å². The van der Waals surface area contributed by atoms with E-state index in [-0.39, 0.29) is 5.92 Å². The van der Waals surface area contributed by atoms with Gasteiger partial charge in [0.05, 0.1) is 10.8 Å². The van der Waals surface area contributed by atoms with E-state index in [0.717, 1.165) is 19.3 Å². The first-order chi connectivity index (χ1) is 11.5. The van der Waals surface area contributed by atoms with Gasteiger partial charge in [-0.3, -0.25) is 0 Å². The van der Waals surface area contributed by atoms with Crippen molar-refractivity contribution in [1.82, 2.24) is 14.4 Å². The van der Waals surface area contributed by atoms with E-state index in [4.69, 9.17) is 4.52 Å². The lowest BCUT2D eigenvalue weighted by molar-refractivity contribution is 0.265. The number of benzene rings is 1. The molecule has 2 heterocycles. The fraction of sp³-hybridized carbons (Fsp3) is 0.529. The molecule has 0 amide bonds. The van der Waals surface area contributed by atoms with Crippen molar-refractivity contribution in [3.63, 3.8) is 0 Å². The van der Waals surface area contributed by atoms with Crippen molar-refractivity contribution < 1.29 is 12.9 Å². The largest absolute Gasteiger partial charge is 0.339 e. The van der Waals surface area contributed by atoms with Crippen LogP contribution in [0.3, 0.4) is 0 Å². The number of aromatic nitrogens is 2. The van der Waals surface area contributed by atoms with E-state index in [2.05, 4.69) is 24.0 Å². The van der Waals surface area contributed by atoms with Gasteiger partial charge in [0.1, 0.15) is 0 Å². The Morgan fingerprint density at radius 1 is 1.29 bits per heavy atom. The molecule has 6 nitrogen and oxygen atoms in total. The summed E-state index contributed by atoms with van der Waals surface area (Å²) >= 11 is 0. The van der Waals surface area contributed by atoms with E-state index in [1.807, 2.05) is 6.07 Å². The van der Waals surface area contributed by atoms with Gasteiger partial charge in [0.15, 0.2) is 5.82 Å². The van der Waals surface area contributed by atoms with E-state index >= 15 is 0 Å². The van der Waals surface area contributed by atoms with Crippen molar-refractivity contribution >= 4 is 10.0 Å². The minimum atomic E-state index is -3.47. The van der Waals surface area contributed by atoms with Crippen LogP contribution in [-0.2, 0) is 16.4 Å². The lowest BCUT2D eigenvalue weighted by atomic mass is 10.00. The molecule has 1 aromatic carbocycles. The Hall–Kier alpha value is -1.73. The number of piperidine rings is 1. The molecule has 24 heavy (non-hydrogen) atoms. The van der Waals surface area contributed by atoms with Crippen LogP contribution in [0, 0.1) is 5.92 Å². The highest BCUT2D eigenvalue weighted by Crippen LogP contribution is 2.29. The van der Waals surface area contributed by atoms with Crippen molar-refractivity contribution in [1.29, 1.82) is 0 Å². The minimum Gasteiger partial charge on any atom is -0.339 e. The topological polar surface area (TPSA) is 76.3 Å². The van der Waals surface area contributed by atoms with Gasteiger partial charge in [-0.25, -0.2) is 8.42 Å². The predicted octanol–water partition coefficient (Wildman–Crippen LogP) is 2.84. The predicted molar refractivity (Wildman–Crippen MR) is 90.0 cm³/mol. The van der Waals surface area contributed by atoms with E-state index in [1.54, 1.807) is 24.3 Å². The number of hydrogen-bond donors (Lipinski definition) is 0. The van der Waals surface area contributed by atoms with Crippen molar-refractivity contribution in [2.75, 3.05) is 13.1 Å². The molecule has 0 spiro atoms. The summed E-state index contributed by atoms with van der Waals surface area (Å²) in [6.45, 7) is 5.12. The van der Waals surface area contributed by atoms with Crippen molar-refractivity contribution in [3.8, 4) is 0 Å². The molecule has 1 unspecified atom stereocenters. The third kappa shape index (κ3) is 3.67. The first-order valence-electron chi connectivity index (χ1n) is 8.34. The van der Waals surface area contributed by atoms with Crippen LogP contribution in [0.4, 0.5) is 0 Å². The second-order valence-electron chi connectivity index (χ2n) is 6.66. The smallest absolute Gasteiger partial charge is 0.243 e. The number of sulfonamides is 1. The standard InChI is InChI=1S/C17H23N3O3S/c1-13(2)11-16-18-17(23-19-16)14-7-6-10-20(12-14)24(21,22)15-8-4-3-5-9-15/h3-5,8-9,13-14H,6-7,10-12H2,1-2H3. The zero-order valence-corrected chi connectivity index (χ0v) is 14.9. The highest BCUT2D eigenvalue weighted by atomic mass is 32.2. The molecule has 1 aliphatic rings. The average molecular weight is 349 g/mol. The van der Waals surface area contributed by atoms with Gasteiger partial charge in [-0.15, -0.1) is 0 Å². The molecule has 1 fully saturated rings. The Balaban J connectivity index is 1.76. The second kappa shape index (κ2) is 7.03. The van der Waals surface area contributed by atoms with Crippen molar-refractivity contribution in [3.05, 3.63) is 42.0 Å². The van der Waals surface area contributed by atoms with Gasteiger partial charge in [-0.2, -0.15) is 9.29 Å². The van der Waals surface area contributed by atoms with Gasteiger partial charge in [0, 0.05) is 19.5 Å². The quantitative estimate of drug-likeness (QED) is 0.829. The lowest BCUT2D eigenvalue weighted by Gasteiger charge is -2.30. The molecule has 0 radical (unpaired) electrons. The molecule has 0 N–H and O–H groups in total. The molecule has 1 aliphatic heterocycles. The molecule has 1 aromatic heterocycles. The summed E-state index contributed by atoms with van der Waals surface area (Å²) < 4.78 is 32.5. The Kier molecular flexibility index (Phi) is 5.01. The van der Waals surface area contributed by atoms with E-state index in [1.165, 1.54) is 4.31 Å². The van der Waals surface area contributed by atoms with Gasteiger partial charge in [0.25, 0.3) is 0 Å². The maximum atomic E-state index is 12.8. The Bertz CT molecular complexity index is 771. The summed E-state index contributed by atoms with van der Waals surface area (Å²) in [4.78, 5) is 4.79. The van der Waals surface area contributed by atoms with Crippen molar-refractivity contribution in [2.45, 2.75) is 43.9 Å². The number of hydrogen-bond acceptors (Lipinski definition) is 5. The van der Waals surface area contributed by atoms with Gasteiger partial charge in [-0.05, 0) is 30.9 Å². The fourth-order valence-corrected chi connectivity index (χ4v) is 4.53. The maximum absolute atomic E-state index is 12.8. The summed E-state index contributed by atoms with van der Waals surface area (Å²) in [5, 5.41) is 4.02. The number of rotatable bonds is 5. The Morgan fingerprint density at radius 2 is 2.04 bits per heavy atom. The van der Waals surface area contributed by atoms with Gasteiger partial charge in [0.2, 0.25) is 15.9 Å². The molecule has 0 aliphatic carbocycles. The first-order valence-corrected chi connectivity index (χ1v) is 9.78. The van der Waals surface area contributed by atoms with Crippen LogP contribution in [0.2, 0.25) is 0 Å². The van der Waals surface area contributed by atoms with Crippen LogP contribution in [0.25, 0.3) is 0 Å². The lowest BCUT2D eigenvalue weighted by Crippen LogP contribution is -2.39. The van der Waals surface area contributed by atoms with E-state index < -0.39 is 10.0 Å². The van der Waals surface area contributed by atoms with Crippen LogP contribution in [0.1, 0.15) is 44.3 Å². The van der Waals surface area contributed by atoms with Crippen LogP contribution in [-0.4, -0.2) is 36.0 Å².